The topological polar surface area (TPSA) is 204 Å². The van der Waals surface area contributed by atoms with E-state index in [0.29, 0.717) is 77.7 Å². The largest absolute Gasteiger partial charge is 0.453 e. The number of ether oxygens (including phenoxy) is 3. The smallest absolute Gasteiger partial charge is 0.407 e. The van der Waals surface area contributed by atoms with Crippen LogP contribution in [0.25, 0.3) is 33.6 Å². The van der Waals surface area contributed by atoms with Gasteiger partial charge in [0.05, 0.1) is 31.9 Å². The number of piperidine rings is 2. The average molecular weight is 890 g/mol. The minimum Gasteiger partial charge on any atom is -0.453 e. The van der Waals surface area contributed by atoms with E-state index >= 15 is 0 Å². The van der Waals surface area contributed by atoms with Gasteiger partial charge >= 0.3 is 12.2 Å². The summed E-state index contributed by atoms with van der Waals surface area (Å²) in [6.07, 6.45) is 3.11. The Hall–Kier alpha value is -5.16. The van der Waals surface area contributed by atoms with Crippen molar-refractivity contribution >= 4 is 47.2 Å². The number of alkyl carbamates (subject to hydrolysis) is 2. The molecule has 5 N–H and O–H groups in total. The molecule has 18 heteroatoms. The fourth-order valence-electron chi connectivity index (χ4n) is 9.76. The number of likely N-dealkylation sites (tertiary alicyclic amines) is 2. The molecule has 2 saturated carbocycles. The van der Waals surface area contributed by atoms with E-state index in [2.05, 4.69) is 20.6 Å². The highest BCUT2D eigenvalue weighted by atomic mass is 35.5. The molecule has 5 heterocycles. The Balaban J connectivity index is 0.893. The monoisotopic (exact) mass is 888 g/mol. The fraction of sp³-hybridized carbons (Fsp3) is 0.500. The van der Waals surface area contributed by atoms with Crippen molar-refractivity contribution in [1.29, 1.82) is 0 Å². The first kappa shape index (κ1) is 42.2. The van der Waals surface area contributed by atoms with Crippen molar-refractivity contribution in [2.24, 2.45) is 17.8 Å². The quantitative estimate of drug-likeness (QED) is 0.112. The van der Waals surface area contributed by atoms with Crippen molar-refractivity contribution in [3.63, 3.8) is 0 Å². The van der Waals surface area contributed by atoms with Crippen LogP contribution in [0, 0.1) is 17.8 Å². The van der Waals surface area contributed by atoms with Crippen LogP contribution in [0.3, 0.4) is 0 Å². The summed E-state index contributed by atoms with van der Waals surface area (Å²) in [6.45, 7) is 4.02. The number of rotatable bonds is 11. The minimum absolute atomic E-state index is 0.0155. The predicted octanol–water partition coefficient (Wildman–Crippen LogP) is 6.41. The summed E-state index contributed by atoms with van der Waals surface area (Å²) in [5, 5.41) is 16.9. The highest BCUT2D eigenvalue weighted by molar-refractivity contribution is 6.32. The van der Waals surface area contributed by atoms with Gasteiger partial charge in [-0.3, -0.25) is 9.59 Å². The maximum absolute atomic E-state index is 14.2. The molecule has 8 atom stereocenters. The maximum atomic E-state index is 14.2. The van der Waals surface area contributed by atoms with Crippen molar-refractivity contribution in [2.45, 2.75) is 94.2 Å². The number of fused-ring (bicyclic) bond motifs is 2. The number of halogens is 2. The Morgan fingerprint density at radius 2 is 1.16 bits per heavy atom. The first-order valence-corrected chi connectivity index (χ1v) is 21.8. The predicted molar refractivity (Wildman–Crippen MR) is 228 cm³/mol. The van der Waals surface area contributed by atoms with Crippen LogP contribution in [0.2, 0.25) is 10.3 Å². The highest BCUT2D eigenvalue weighted by Gasteiger charge is 2.58. The Labute approximate surface area is 368 Å². The molecule has 2 aromatic carbocycles. The van der Waals surface area contributed by atoms with Gasteiger partial charge in [0.2, 0.25) is 11.8 Å². The standard InChI is InChI=1S/C44H50Cl2N8O8/c1-44(2,59)35(50-43(58)61-4)41(56)54-29-18-27(29)20-31(54)39-48-33(37(46)52-39)24-11-7-22(8-12-24)21-5-9-23(10-6-21)32-36(45)51-38(47-32)30-19-26-17-28(26)53(30)40(55)34(49-42(57)60-3)25-13-15-62-16-14-25/h5-12,25-31,34-35,59H,13-20H2,1-4H3,(H,47,51)(H,48,52)(H,49,57)(H,50,58)/t26-,27-,28-,29-,30+,31+,34+,35-/m1/s1. The number of aromatic amines is 2. The number of carbonyl (C=O) groups excluding carboxylic acids is 4. The number of H-pyrrole nitrogens is 2. The van der Waals surface area contributed by atoms with Gasteiger partial charge in [-0.05, 0) is 81.3 Å². The Bertz CT molecular complexity index is 2360. The Morgan fingerprint density at radius 1 is 0.726 bits per heavy atom. The molecule has 4 amide bonds. The molecular weight excluding hydrogens is 839 g/mol. The van der Waals surface area contributed by atoms with Crippen molar-refractivity contribution in [3.8, 4) is 33.6 Å². The molecule has 0 spiro atoms. The first-order chi connectivity index (χ1) is 29.7. The van der Waals surface area contributed by atoms with E-state index < -0.39 is 41.8 Å². The molecule has 62 heavy (non-hydrogen) atoms. The number of nitrogens with zero attached hydrogens (tertiary/aromatic N) is 4. The van der Waals surface area contributed by atoms with E-state index in [4.69, 9.17) is 47.4 Å². The van der Waals surface area contributed by atoms with Gasteiger partial charge < -0.3 is 49.7 Å². The number of hydrogen-bond acceptors (Lipinski definition) is 10. The molecule has 0 bridgehead atoms. The third-order valence-electron chi connectivity index (χ3n) is 13.2. The molecule has 3 saturated heterocycles. The zero-order chi connectivity index (χ0) is 43.6. The maximum Gasteiger partial charge on any atom is 0.407 e. The lowest BCUT2D eigenvalue weighted by Crippen LogP contribution is -2.59. The molecule has 328 valence electrons. The van der Waals surface area contributed by atoms with E-state index in [1.165, 1.54) is 28.1 Å². The third-order valence-corrected chi connectivity index (χ3v) is 13.8. The van der Waals surface area contributed by atoms with Crippen LogP contribution in [-0.4, -0.2) is 116 Å². The average Bonchev–Trinajstić information content (AvgIpc) is 3.98. The lowest BCUT2D eigenvalue weighted by atomic mass is 9.90. The molecule has 4 aromatic rings. The molecular formula is C44H50Cl2N8O8. The number of aliphatic hydroxyl groups is 1. The molecule has 2 aliphatic carbocycles. The zero-order valence-electron chi connectivity index (χ0n) is 34.8. The second-order valence-corrected chi connectivity index (χ2v) is 18.4. The van der Waals surface area contributed by atoms with Crippen LogP contribution in [0.4, 0.5) is 9.59 Å². The van der Waals surface area contributed by atoms with Crippen LogP contribution in [-0.2, 0) is 23.8 Å². The number of nitrogens with one attached hydrogen (secondary N) is 4. The number of methoxy groups -OCH3 is 2. The summed E-state index contributed by atoms with van der Waals surface area (Å²) in [7, 11) is 2.50. The summed E-state index contributed by atoms with van der Waals surface area (Å²) < 4.78 is 15.2. The zero-order valence-corrected chi connectivity index (χ0v) is 36.3. The summed E-state index contributed by atoms with van der Waals surface area (Å²) in [4.78, 5) is 72.5. The number of aromatic nitrogens is 4. The summed E-state index contributed by atoms with van der Waals surface area (Å²) >= 11 is 13.6. The second-order valence-electron chi connectivity index (χ2n) is 17.6. The number of amides is 4. The molecule has 5 fully saturated rings. The first-order valence-electron chi connectivity index (χ1n) is 21.1. The van der Waals surface area contributed by atoms with Crippen LogP contribution < -0.4 is 10.6 Å². The van der Waals surface area contributed by atoms with Crippen molar-refractivity contribution < 1.29 is 38.5 Å². The fourth-order valence-corrected chi connectivity index (χ4v) is 10.3. The van der Waals surface area contributed by atoms with Gasteiger partial charge in [-0.15, -0.1) is 0 Å². The third kappa shape index (κ3) is 8.01. The minimum atomic E-state index is -1.55. The molecule has 2 aromatic heterocycles. The van der Waals surface area contributed by atoms with Gasteiger partial charge in [0.15, 0.2) is 0 Å². The van der Waals surface area contributed by atoms with Crippen molar-refractivity contribution in [1.82, 2.24) is 40.4 Å². The van der Waals surface area contributed by atoms with E-state index in [1.54, 1.807) is 4.90 Å². The molecule has 0 radical (unpaired) electrons. The molecule has 16 nitrogen and oxygen atoms in total. The van der Waals surface area contributed by atoms with Crippen LogP contribution >= 0.6 is 23.2 Å². The van der Waals surface area contributed by atoms with E-state index in [-0.39, 0.29) is 30.0 Å². The normalized spacial score (nSPS) is 25.1. The van der Waals surface area contributed by atoms with Crippen LogP contribution in [0.5, 0.6) is 0 Å². The molecule has 5 aliphatic rings. The molecule has 3 aliphatic heterocycles. The van der Waals surface area contributed by atoms with Gasteiger partial charge in [-0.2, -0.15) is 0 Å². The lowest BCUT2D eigenvalue weighted by Gasteiger charge is -2.35. The summed E-state index contributed by atoms with van der Waals surface area (Å²) in [5.74, 6) is 1.22. The summed E-state index contributed by atoms with van der Waals surface area (Å²) in [6, 6.07) is 13.2. The molecule has 9 rings (SSSR count). The summed E-state index contributed by atoms with van der Waals surface area (Å²) in [5.41, 5.74) is 3.12. The lowest BCUT2D eigenvalue weighted by molar-refractivity contribution is -0.141. The van der Waals surface area contributed by atoms with E-state index in [0.717, 1.165) is 41.5 Å². The number of benzene rings is 2. The second kappa shape index (κ2) is 16.5. The van der Waals surface area contributed by atoms with Crippen LogP contribution in [0.1, 0.15) is 76.1 Å². The van der Waals surface area contributed by atoms with Crippen molar-refractivity contribution in [3.05, 3.63) is 70.5 Å². The van der Waals surface area contributed by atoms with Gasteiger partial charge in [-0.1, -0.05) is 71.7 Å². The number of imidazole rings is 2. The SMILES string of the molecule is COC(=O)N[C@H](C(=O)N1[C@@H]2C[C@@H]2C[C@H]1c1nc(-c2ccc(-c3ccc(-c4nc([C@@H]5C[C@H]6C[C@H]6N5C(=O)[C@@H](NC(=O)OC)C(C)(C)O)[nH]c4Cl)cc3)cc2)c(Cl)[nH]1)C1CCOCC1. The Kier molecular flexibility index (Phi) is 11.2. The van der Waals surface area contributed by atoms with E-state index in [9.17, 15) is 24.3 Å². The highest BCUT2D eigenvalue weighted by Crippen LogP contribution is 2.55. The van der Waals surface area contributed by atoms with Gasteiger partial charge in [0.1, 0.15) is 45.4 Å². The Morgan fingerprint density at radius 3 is 1.61 bits per heavy atom. The van der Waals surface area contributed by atoms with Gasteiger partial charge in [0, 0.05) is 36.4 Å². The van der Waals surface area contributed by atoms with Crippen LogP contribution in [0.15, 0.2) is 48.5 Å². The molecule has 0 unspecified atom stereocenters. The van der Waals surface area contributed by atoms with E-state index in [1.807, 2.05) is 53.4 Å². The number of carbonyl (C=O) groups is 4. The number of hydrogen-bond donors (Lipinski definition) is 5. The van der Waals surface area contributed by atoms with Gasteiger partial charge in [-0.25, -0.2) is 19.6 Å². The van der Waals surface area contributed by atoms with Crippen molar-refractivity contribution in [2.75, 3.05) is 27.4 Å². The van der Waals surface area contributed by atoms with Gasteiger partial charge in [0.25, 0.3) is 0 Å².